The molecule has 0 aliphatic carbocycles. The van der Waals surface area contributed by atoms with E-state index in [9.17, 15) is 4.79 Å². The predicted octanol–water partition coefficient (Wildman–Crippen LogP) is 4.33. The Labute approximate surface area is 177 Å². The molecule has 0 heterocycles. The summed E-state index contributed by atoms with van der Waals surface area (Å²) in [6.45, 7) is 4.84. The highest BCUT2D eigenvalue weighted by Crippen LogP contribution is 2.18. The maximum Gasteiger partial charge on any atom is 0.360 e. The summed E-state index contributed by atoms with van der Waals surface area (Å²) in [6, 6.07) is 14.9. The molecule has 0 bridgehead atoms. The lowest BCUT2D eigenvalue weighted by Gasteiger charge is -2.12. The van der Waals surface area contributed by atoms with Crippen molar-refractivity contribution >= 4 is 17.4 Å². The third-order valence-electron chi connectivity index (χ3n) is 4.27. The number of methoxy groups -OCH3 is 1. The first-order valence-corrected chi connectivity index (χ1v) is 9.78. The molecule has 0 aromatic heterocycles. The number of esters is 1. The number of hydrogen-bond donors (Lipinski definition) is 0. The summed E-state index contributed by atoms with van der Waals surface area (Å²) < 4.78 is 10.8. The Kier molecular flexibility index (Phi) is 9.37. The van der Waals surface area contributed by atoms with Crippen LogP contribution < -0.4 is 4.74 Å². The molecule has 2 rings (SSSR count). The average Bonchev–Trinajstić information content (AvgIpc) is 2.78. The first-order valence-electron chi connectivity index (χ1n) is 9.78. The fourth-order valence-electron chi connectivity index (χ4n) is 2.64. The molecule has 0 radical (unpaired) electrons. The van der Waals surface area contributed by atoms with Crippen LogP contribution in [0.1, 0.15) is 43.4 Å². The molecule has 0 aliphatic heterocycles. The van der Waals surface area contributed by atoms with Gasteiger partial charge in [0.2, 0.25) is 0 Å². The number of carbonyl (C=O) groups excluding carboxylic acids is 1. The van der Waals surface area contributed by atoms with Gasteiger partial charge in [0.15, 0.2) is 5.71 Å². The minimum absolute atomic E-state index is 0.0835. The van der Waals surface area contributed by atoms with E-state index in [0.717, 1.165) is 29.7 Å². The Hall–Kier alpha value is -3.35. The van der Waals surface area contributed by atoms with Crippen LogP contribution in [-0.4, -0.2) is 38.2 Å². The zero-order chi connectivity index (χ0) is 21.8. The predicted molar refractivity (Wildman–Crippen MR) is 116 cm³/mol. The number of nitrogens with zero attached hydrogens (tertiary/aromatic N) is 2. The van der Waals surface area contributed by atoms with Gasteiger partial charge in [0, 0.05) is 11.1 Å². The smallest absolute Gasteiger partial charge is 0.360 e. The lowest BCUT2D eigenvalue weighted by Crippen LogP contribution is -2.19. The Balaban J connectivity index is 2.15. The molecule has 0 fully saturated rings. The van der Waals surface area contributed by atoms with Gasteiger partial charge in [0.1, 0.15) is 26.1 Å². The van der Waals surface area contributed by atoms with Crippen molar-refractivity contribution in [3.63, 3.8) is 0 Å². The number of benzene rings is 2. The second-order valence-corrected chi connectivity index (χ2v) is 6.45. The first-order chi connectivity index (χ1) is 14.6. The summed E-state index contributed by atoms with van der Waals surface area (Å²) in [4.78, 5) is 22.2. The topological polar surface area (TPSA) is 78.7 Å². The van der Waals surface area contributed by atoms with Crippen molar-refractivity contribution in [2.24, 2.45) is 10.3 Å². The zero-order valence-corrected chi connectivity index (χ0v) is 17.9. The Morgan fingerprint density at radius 3 is 2.57 bits per heavy atom. The Morgan fingerprint density at radius 1 is 1.03 bits per heavy atom. The number of rotatable bonds is 11. The highest BCUT2D eigenvalue weighted by molar-refractivity contribution is 6.43. The van der Waals surface area contributed by atoms with E-state index in [2.05, 4.69) is 17.2 Å². The molecule has 0 N–H and O–H groups in total. The van der Waals surface area contributed by atoms with Crippen LogP contribution in [0.2, 0.25) is 0 Å². The first kappa shape index (κ1) is 22.9. The molecular formula is C23H28N2O5. The summed E-state index contributed by atoms with van der Waals surface area (Å²) in [7, 11) is 2.68. The highest BCUT2D eigenvalue weighted by atomic mass is 16.6. The van der Waals surface area contributed by atoms with Gasteiger partial charge in [-0.1, -0.05) is 60.1 Å². The summed E-state index contributed by atoms with van der Waals surface area (Å²) in [5.74, 6) is 0.0925. The minimum atomic E-state index is -0.582. The average molecular weight is 412 g/mol. The summed E-state index contributed by atoms with van der Waals surface area (Å²) in [5.41, 5.74) is 3.13. The summed E-state index contributed by atoms with van der Waals surface area (Å²) in [6.07, 6.45) is 2.03. The quantitative estimate of drug-likeness (QED) is 0.238. The van der Waals surface area contributed by atoms with Crippen molar-refractivity contribution in [1.29, 1.82) is 0 Å². The molecule has 0 aliphatic rings. The van der Waals surface area contributed by atoms with Gasteiger partial charge >= 0.3 is 5.97 Å². The van der Waals surface area contributed by atoms with Crippen LogP contribution in [-0.2, 0) is 25.8 Å². The Morgan fingerprint density at radius 2 is 1.83 bits per heavy atom. The second-order valence-electron chi connectivity index (χ2n) is 6.45. The van der Waals surface area contributed by atoms with E-state index in [-0.39, 0.29) is 12.3 Å². The molecule has 2 aromatic rings. The van der Waals surface area contributed by atoms with Crippen molar-refractivity contribution in [3.05, 3.63) is 65.2 Å². The second kappa shape index (κ2) is 12.3. The standard InChI is InChI=1S/C23H28N2O5/c1-5-6-14-30-24-17(2)18-11-9-12-20(15-18)29-16-19-10-7-8-13-21(19)22(25-28-4)23(26)27-3/h7-13,15H,5-6,14,16H2,1-4H3. The molecule has 0 saturated carbocycles. The van der Waals surface area contributed by atoms with Gasteiger partial charge in [-0.15, -0.1) is 0 Å². The number of oxime groups is 2. The molecular weight excluding hydrogens is 384 g/mol. The van der Waals surface area contributed by atoms with Gasteiger partial charge in [0.05, 0.1) is 12.8 Å². The van der Waals surface area contributed by atoms with Crippen molar-refractivity contribution < 1.29 is 23.9 Å². The van der Waals surface area contributed by atoms with E-state index in [4.69, 9.17) is 19.1 Å². The molecule has 2 aromatic carbocycles. The molecule has 0 saturated heterocycles. The molecule has 0 unspecified atom stereocenters. The monoisotopic (exact) mass is 412 g/mol. The van der Waals surface area contributed by atoms with Gasteiger partial charge < -0.3 is 19.1 Å². The third-order valence-corrected chi connectivity index (χ3v) is 4.27. The molecule has 7 nitrogen and oxygen atoms in total. The minimum Gasteiger partial charge on any atom is -0.489 e. The van der Waals surface area contributed by atoms with Crippen LogP contribution in [0.15, 0.2) is 58.8 Å². The normalized spacial score (nSPS) is 11.7. The maximum atomic E-state index is 12.1. The molecule has 160 valence electrons. The highest BCUT2D eigenvalue weighted by Gasteiger charge is 2.19. The van der Waals surface area contributed by atoms with Crippen LogP contribution in [0.5, 0.6) is 5.75 Å². The number of ether oxygens (including phenoxy) is 2. The van der Waals surface area contributed by atoms with E-state index in [1.54, 1.807) is 6.07 Å². The van der Waals surface area contributed by atoms with E-state index in [0.29, 0.717) is 17.9 Å². The molecule has 0 spiro atoms. The molecule has 0 atom stereocenters. The molecule has 0 amide bonds. The lowest BCUT2D eigenvalue weighted by atomic mass is 10.0. The third kappa shape index (κ3) is 6.62. The van der Waals surface area contributed by atoms with Crippen molar-refractivity contribution in [1.82, 2.24) is 0 Å². The van der Waals surface area contributed by atoms with Gasteiger partial charge in [0.25, 0.3) is 0 Å². The maximum absolute atomic E-state index is 12.1. The van der Waals surface area contributed by atoms with Crippen molar-refractivity contribution in [3.8, 4) is 5.75 Å². The van der Waals surface area contributed by atoms with Crippen LogP contribution >= 0.6 is 0 Å². The van der Waals surface area contributed by atoms with E-state index >= 15 is 0 Å². The van der Waals surface area contributed by atoms with Crippen molar-refractivity contribution in [2.45, 2.75) is 33.3 Å². The van der Waals surface area contributed by atoms with Crippen LogP contribution in [0.3, 0.4) is 0 Å². The SMILES string of the molecule is CCCCON=C(C)c1cccc(OCc2ccccc2C(=NOC)C(=O)OC)c1. The van der Waals surface area contributed by atoms with Gasteiger partial charge in [-0.25, -0.2) is 4.79 Å². The van der Waals surface area contributed by atoms with Gasteiger partial charge in [-0.3, -0.25) is 0 Å². The zero-order valence-electron chi connectivity index (χ0n) is 17.9. The summed E-state index contributed by atoms with van der Waals surface area (Å²) >= 11 is 0. The van der Waals surface area contributed by atoms with Crippen molar-refractivity contribution in [2.75, 3.05) is 20.8 Å². The van der Waals surface area contributed by atoms with E-state index in [1.807, 2.05) is 49.4 Å². The number of carbonyl (C=O) groups is 1. The van der Waals surface area contributed by atoms with E-state index < -0.39 is 5.97 Å². The van der Waals surface area contributed by atoms with Gasteiger partial charge in [-0.2, -0.15) is 0 Å². The molecule has 7 heteroatoms. The molecule has 30 heavy (non-hydrogen) atoms. The van der Waals surface area contributed by atoms with Gasteiger partial charge in [-0.05, 0) is 31.0 Å². The number of hydrogen-bond acceptors (Lipinski definition) is 7. The largest absolute Gasteiger partial charge is 0.489 e. The lowest BCUT2D eigenvalue weighted by molar-refractivity contribution is -0.132. The van der Waals surface area contributed by atoms with Crippen LogP contribution in [0.25, 0.3) is 0 Å². The Bertz CT molecular complexity index is 893. The van der Waals surface area contributed by atoms with Crippen LogP contribution in [0.4, 0.5) is 0 Å². The summed E-state index contributed by atoms with van der Waals surface area (Å²) in [5, 5.41) is 7.97. The van der Waals surface area contributed by atoms with E-state index in [1.165, 1.54) is 14.2 Å². The fraction of sp³-hybridized carbons (Fsp3) is 0.348. The number of unbranched alkanes of at least 4 members (excludes halogenated alkanes) is 1. The van der Waals surface area contributed by atoms with Crippen LogP contribution in [0, 0.1) is 0 Å². The fourth-order valence-corrected chi connectivity index (χ4v) is 2.64.